The van der Waals surface area contributed by atoms with Crippen LogP contribution in [-0.2, 0) is 7.05 Å². The summed E-state index contributed by atoms with van der Waals surface area (Å²) in [7, 11) is 1.84. The number of hydrogen-bond acceptors (Lipinski definition) is 1. The molecule has 2 nitrogen and oxygen atoms in total. The van der Waals surface area contributed by atoms with Gasteiger partial charge in [-0.1, -0.05) is 0 Å². The third kappa shape index (κ3) is 1.11. The van der Waals surface area contributed by atoms with Crippen molar-refractivity contribution in [2.24, 2.45) is 7.05 Å². The first-order valence-electron chi connectivity index (χ1n) is 4.18. The van der Waals surface area contributed by atoms with Gasteiger partial charge in [-0.15, -0.1) is 0 Å². The third-order valence-electron chi connectivity index (χ3n) is 2.26. The predicted octanol–water partition coefficient (Wildman–Crippen LogP) is 2.33. The van der Waals surface area contributed by atoms with Gasteiger partial charge in [-0.05, 0) is 25.5 Å². The molecule has 0 N–H and O–H groups in total. The van der Waals surface area contributed by atoms with E-state index < -0.39 is 0 Å². The Morgan fingerprint density at radius 1 is 1.38 bits per heavy atom. The van der Waals surface area contributed by atoms with Gasteiger partial charge in [0.2, 0.25) is 0 Å². The monoisotopic (exact) mass is 178 g/mol. The molecule has 1 aromatic carbocycles. The van der Waals surface area contributed by atoms with Crippen LogP contribution in [0.15, 0.2) is 12.3 Å². The van der Waals surface area contributed by atoms with Crippen molar-refractivity contribution in [3.8, 4) is 0 Å². The van der Waals surface area contributed by atoms with E-state index in [1.165, 1.54) is 0 Å². The topological polar surface area (TPSA) is 17.8 Å². The molecule has 0 saturated heterocycles. The van der Waals surface area contributed by atoms with E-state index in [9.17, 15) is 4.39 Å². The molecule has 2 rings (SSSR count). The van der Waals surface area contributed by atoms with Gasteiger partial charge in [0.1, 0.15) is 5.82 Å². The van der Waals surface area contributed by atoms with Crippen molar-refractivity contribution in [1.29, 1.82) is 0 Å². The summed E-state index contributed by atoms with van der Waals surface area (Å²) in [6, 6.07) is 1.82. The summed E-state index contributed by atoms with van der Waals surface area (Å²) in [5.74, 6) is -0.147. The number of rotatable bonds is 0. The molecule has 13 heavy (non-hydrogen) atoms. The van der Waals surface area contributed by atoms with E-state index in [-0.39, 0.29) is 5.82 Å². The molecule has 1 heterocycles. The highest BCUT2D eigenvalue weighted by atomic mass is 19.1. The van der Waals surface area contributed by atoms with E-state index in [0.717, 1.165) is 10.9 Å². The van der Waals surface area contributed by atoms with Crippen LogP contribution in [-0.4, -0.2) is 9.78 Å². The van der Waals surface area contributed by atoms with E-state index in [4.69, 9.17) is 0 Å². The van der Waals surface area contributed by atoms with E-state index in [2.05, 4.69) is 5.10 Å². The van der Waals surface area contributed by atoms with Crippen LogP contribution in [0.4, 0.5) is 4.39 Å². The van der Waals surface area contributed by atoms with E-state index in [0.29, 0.717) is 11.1 Å². The van der Waals surface area contributed by atoms with Gasteiger partial charge in [-0.3, -0.25) is 4.68 Å². The summed E-state index contributed by atoms with van der Waals surface area (Å²) >= 11 is 0. The maximum Gasteiger partial charge on any atom is 0.131 e. The van der Waals surface area contributed by atoms with Crippen LogP contribution in [0.1, 0.15) is 11.1 Å². The Kier molecular flexibility index (Phi) is 1.62. The second-order valence-electron chi connectivity index (χ2n) is 3.37. The maximum atomic E-state index is 13.4. The Balaban J connectivity index is 2.92. The summed E-state index contributed by atoms with van der Waals surface area (Å²) < 4.78 is 15.1. The lowest BCUT2D eigenvalue weighted by atomic mass is 10.1. The zero-order valence-corrected chi connectivity index (χ0v) is 7.93. The van der Waals surface area contributed by atoms with Crippen LogP contribution < -0.4 is 0 Å². The quantitative estimate of drug-likeness (QED) is 0.605. The minimum Gasteiger partial charge on any atom is -0.275 e. The summed E-state index contributed by atoms with van der Waals surface area (Å²) in [5, 5.41) is 5.19. The minimum absolute atomic E-state index is 0.147. The van der Waals surface area contributed by atoms with Crippen LogP contribution in [0.2, 0.25) is 0 Å². The molecule has 0 spiro atoms. The molecule has 3 heteroatoms. The predicted molar refractivity (Wildman–Crippen MR) is 50.1 cm³/mol. The second kappa shape index (κ2) is 2.55. The highest BCUT2D eigenvalue weighted by Gasteiger charge is 2.09. The van der Waals surface area contributed by atoms with Gasteiger partial charge in [0.15, 0.2) is 0 Å². The van der Waals surface area contributed by atoms with Crippen molar-refractivity contribution in [2.75, 3.05) is 0 Å². The van der Waals surface area contributed by atoms with Crippen molar-refractivity contribution in [2.45, 2.75) is 13.8 Å². The maximum absolute atomic E-state index is 13.4. The van der Waals surface area contributed by atoms with Crippen molar-refractivity contribution in [1.82, 2.24) is 9.78 Å². The molecule has 1 aromatic heterocycles. The van der Waals surface area contributed by atoms with Gasteiger partial charge in [-0.2, -0.15) is 5.10 Å². The molecule has 0 aliphatic carbocycles. The van der Waals surface area contributed by atoms with Gasteiger partial charge in [0.25, 0.3) is 0 Å². The molecular formula is C10H11FN2. The van der Waals surface area contributed by atoms with Crippen molar-refractivity contribution in [3.05, 3.63) is 29.2 Å². The van der Waals surface area contributed by atoms with E-state index in [1.807, 2.05) is 19.3 Å². The number of benzene rings is 1. The summed E-state index contributed by atoms with van der Waals surface area (Å²) in [4.78, 5) is 0. The van der Waals surface area contributed by atoms with Crippen LogP contribution in [0, 0.1) is 19.7 Å². The van der Waals surface area contributed by atoms with Gasteiger partial charge in [0, 0.05) is 24.2 Å². The molecule has 0 bridgehead atoms. The van der Waals surface area contributed by atoms with Crippen molar-refractivity contribution < 1.29 is 4.39 Å². The molecule has 0 aliphatic rings. The first-order chi connectivity index (χ1) is 6.09. The third-order valence-corrected chi connectivity index (χ3v) is 2.26. The SMILES string of the molecule is Cc1cc2cn(C)nc2c(C)c1F. The smallest absolute Gasteiger partial charge is 0.131 e. The molecule has 0 unspecified atom stereocenters. The molecule has 0 aliphatic heterocycles. The largest absolute Gasteiger partial charge is 0.275 e. The lowest BCUT2D eigenvalue weighted by molar-refractivity contribution is 0.611. The molecule has 0 saturated carbocycles. The molecule has 2 aromatic rings. The molecular weight excluding hydrogens is 167 g/mol. The molecule has 0 radical (unpaired) electrons. The summed E-state index contributed by atoms with van der Waals surface area (Å²) in [6.07, 6.45) is 1.90. The van der Waals surface area contributed by atoms with Gasteiger partial charge in [0.05, 0.1) is 5.52 Å². The Morgan fingerprint density at radius 3 is 2.77 bits per heavy atom. The Bertz CT molecular complexity index is 471. The lowest BCUT2D eigenvalue weighted by Gasteiger charge is -2.00. The van der Waals surface area contributed by atoms with E-state index in [1.54, 1.807) is 18.5 Å². The van der Waals surface area contributed by atoms with Gasteiger partial charge < -0.3 is 0 Å². The number of fused-ring (bicyclic) bond motifs is 1. The van der Waals surface area contributed by atoms with Gasteiger partial charge >= 0.3 is 0 Å². The molecule has 0 fully saturated rings. The zero-order valence-electron chi connectivity index (χ0n) is 7.93. The zero-order chi connectivity index (χ0) is 9.59. The Labute approximate surface area is 76.0 Å². The Morgan fingerprint density at radius 2 is 2.08 bits per heavy atom. The molecule has 68 valence electrons. The fraction of sp³-hybridized carbons (Fsp3) is 0.300. The fourth-order valence-corrected chi connectivity index (χ4v) is 1.60. The normalized spacial score (nSPS) is 11.1. The van der Waals surface area contributed by atoms with Crippen LogP contribution in [0.5, 0.6) is 0 Å². The second-order valence-corrected chi connectivity index (χ2v) is 3.37. The van der Waals surface area contributed by atoms with E-state index >= 15 is 0 Å². The summed E-state index contributed by atoms with van der Waals surface area (Å²) in [5.41, 5.74) is 2.07. The first kappa shape index (κ1) is 8.23. The number of nitrogens with zero attached hydrogens (tertiary/aromatic N) is 2. The van der Waals surface area contributed by atoms with Crippen LogP contribution in [0.25, 0.3) is 10.9 Å². The van der Waals surface area contributed by atoms with Crippen LogP contribution >= 0.6 is 0 Å². The standard InChI is InChI=1S/C10H11FN2/c1-6-4-8-5-13(3)12-10(8)7(2)9(6)11/h4-5H,1-3H3. The van der Waals surface area contributed by atoms with Crippen LogP contribution in [0.3, 0.4) is 0 Å². The number of halogens is 1. The lowest BCUT2D eigenvalue weighted by Crippen LogP contribution is -1.90. The Hall–Kier alpha value is -1.38. The first-order valence-corrected chi connectivity index (χ1v) is 4.18. The van der Waals surface area contributed by atoms with Gasteiger partial charge in [-0.25, -0.2) is 4.39 Å². The highest BCUT2D eigenvalue weighted by Crippen LogP contribution is 2.22. The number of hydrogen-bond donors (Lipinski definition) is 0. The number of aryl methyl sites for hydroxylation is 3. The minimum atomic E-state index is -0.147. The average molecular weight is 178 g/mol. The molecule has 0 amide bonds. The number of aromatic nitrogens is 2. The summed E-state index contributed by atoms with van der Waals surface area (Å²) in [6.45, 7) is 3.53. The molecule has 0 atom stereocenters. The fourth-order valence-electron chi connectivity index (χ4n) is 1.60. The average Bonchev–Trinajstić information content (AvgIpc) is 2.42. The van der Waals surface area contributed by atoms with Crippen molar-refractivity contribution in [3.63, 3.8) is 0 Å². The highest BCUT2D eigenvalue weighted by molar-refractivity contribution is 5.82. The van der Waals surface area contributed by atoms with Crippen molar-refractivity contribution >= 4 is 10.9 Å².